The van der Waals surface area contributed by atoms with E-state index in [0.29, 0.717) is 13.0 Å². The molecule has 2 rings (SSSR count). The van der Waals surface area contributed by atoms with Gasteiger partial charge in [0.1, 0.15) is 12.6 Å². The Bertz CT molecular complexity index is 444. The number of hydrogen-bond acceptors (Lipinski definition) is 4. The van der Waals surface area contributed by atoms with Gasteiger partial charge in [-0.15, -0.1) is 11.3 Å². The summed E-state index contributed by atoms with van der Waals surface area (Å²) in [6, 6.07) is -0.379. The molecule has 1 aliphatic rings. The number of rotatable bonds is 3. The van der Waals surface area contributed by atoms with Crippen molar-refractivity contribution in [2.24, 2.45) is 0 Å². The quantitative estimate of drug-likeness (QED) is 0.862. The first-order chi connectivity index (χ1) is 8.10. The molecule has 0 spiro atoms. The van der Waals surface area contributed by atoms with E-state index in [4.69, 9.17) is 0 Å². The summed E-state index contributed by atoms with van der Waals surface area (Å²) in [4.78, 5) is 29.3. The maximum Gasteiger partial charge on any atom is 0.245 e. The molecule has 1 atom stereocenters. The second-order valence-electron chi connectivity index (χ2n) is 4.08. The van der Waals surface area contributed by atoms with Crippen molar-refractivity contribution in [2.45, 2.75) is 32.9 Å². The van der Waals surface area contributed by atoms with Crippen LogP contribution in [0.3, 0.4) is 0 Å². The van der Waals surface area contributed by atoms with Gasteiger partial charge < -0.3 is 10.2 Å². The molecule has 1 N–H and O–H groups in total. The first kappa shape index (κ1) is 12.0. The molecule has 1 unspecified atom stereocenters. The number of hydrogen-bond donors (Lipinski definition) is 1. The monoisotopic (exact) mass is 253 g/mol. The van der Waals surface area contributed by atoms with Crippen LogP contribution in [0.25, 0.3) is 0 Å². The average Bonchev–Trinajstić information content (AvgIpc) is 2.69. The number of thiazole rings is 1. The Morgan fingerprint density at radius 2 is 2.35 bits per heavy atom. The predicted molar refractivity (Wildman–Crippen MR) is 64.5 cm³/mol. The third kappa shape index (κ3) is 2.63. The summed E-state index contributed by atoms with van der Waals surface area (Å²) in [6.45, 7) is 4.37. The van der Waals surface area contributed by atoms with E-state index in [2.05, 4.69) is 10.3 Å². The number of nitrogens with zero attached hydrogens (tertiary/aromatic N) is 2. The van der Waals surface area contributed by atoms with Crippen molar-refractivity contribution in [3.8, 4) is 0 Å². The lowest BCUT2D eigenvalue weighted by Gasteiger charge is -2.31. The Labute approximate surface area is 104 Å². The minimum Gasteiger partial charge on any atom is -0.343 e. The van der Waals surface area contributed by atoms with Crippen LogP contribution in [0.5, 0.6) is 0 Å². The van der Waals surface area contributed by atoms with E-state index < -0.39 is 0 Å². The van der Waals surface area contributed by atoms with Gasteiger partial charge in [-0.1, -0.05) is 6.92 Å². The summed E-state index contributed by atoms with van der Waals surface area (Å²) < 4.78 is 0. The molecule has 5 nitrogen and oxygen atoms in total. The van der Waals surface area contributed by atoms with E-state index >= 15 is 0 Å². The topological polar surface area (TPSA) is 62.3 Å². The first-order valence-corrected chi connectivity index (χ1v) is 6.47. The minimum atomic E-state index is -0.379. The molecule has 0 aromatic carbocycles. The summed E-state index contributed by atoms with van der Waals surface area (Å²) in [7, 11) is 0. The Kier molecular flexibility index (Phi) is 3.42. The van der Waals surface area contributed by atoms with Crippen molar-refractivity contribution in [1.82, 2.24) is 15.2 Å². The van der Waals surface area contributed by atoms with Crippen LogP contribution >= 0.6 is 11.3 Å². The first-order valence-electron chi connectivity index (χ1n) is 5.59. The van der Waals surface area contributed by atoms with Crippen LogP contribution in [0.15, 0.2) is 5.38 Å². The van der Waals surface area contributed by atoms with Crippen LogP contribution in [0.2, 0.25) is 0 Å². The van der Waals surface area contributed by atoms with Gasteiger partial charge in [-0.05, 0) is 13.3 Å². The lowest BCUT2D eigenvalue weighted by molar-refractivity contribution is -0.145. The van der Waals surface area contributed by atoms with Crippen LogP contribution in [0.4, 0.5) is 0 Å². The summed E-state index contributed by atoms with van der Waals surface area (Å²) in [5, 5.41) is 5.59. The molecule has 2 amide bonds. The van der Waals surface area contributed by atoms with Crippen molar-refractivity contribution >= 4 is 23.2 Å². The molecule has 0 saturated carbocycles. The number of aryl methyl sites for hydroxylation is 1. The normalized spacial score (nSPS) is 20.6. The Balaban J connectivity index is 2.09. The number of piperazine rings is 1. The van der Waals surface area contributed by atoms with E-state index in [1.807, 2.05) is 19.2 Å². The van der Waals surface area contributed by atoms with Gasteiger partial charge in [0.15, 0.2) is 0 Å². The minimum absolute atomic E-state index is 0.0160. The Morgan fingerprint density at radius 3 is 2.94 bits per heavy atom. The van der Waals surface area contributed by atoms with Crippen molar-refractivity contribution in [2.75, 3.05) is 6.54 Å². The van der Waals surface area contributed by atoms with Gasteiger partial charge in [-0.2, -0.15) is 0 Å². The zero-order valence-corrected chi connectivity index (χ0v) is 10.7. The summed E-state index contributed by atoms with van der Waals surface area (Å²) in [5.74, 6) is -0.110. The lowest BCUT2D eigenvalue weighted by atomic mass is 10.1. The Hall–Kier alpha value is -1.43. The molecule has 0 bridgehead atoms. The van der Waals surface area contributed by atoms with E-state index in [9.17, 15) is 9.59 Å². The fourth-order valence-electron chi connectivity index (χ4n) is 1.86. The van der Waals surface area contributed by atoms with E-state index in [0.717, 1.165) is 10.7 Å². The molecule has 2 heterocycles. The molecule has 0 aliphatic carbocycles. The molecule has 92 valence electrons. The lowest BCUT2D eigenvalue weighted by Crippen LogP contribution is -2.57. The van der Waals surface area contributed by atoms with Crippen molar-refractivity contribution < 1.29 is 9.59 Å². The highest BCUT2D eigenvalue weighted by molar-refractivity contribution is 7.09. The third-order valence-electron chi connectivity index (χ3n) is 2.71. The second kappa shape index (κ2) is 4.83. The van der Waals surface area contributed by atoms with E-state index in [-0.39, 0.29) is 24.4 Å². The van der Waals surface area contributed by atoms with Crippen LogP contribution < -0.4 is 5.32 Å². The maximum atomic E-state index is 12.0. The van der Waals surface area contributed by atoms with Gasteiger partial charge in [-0.3, -0.25) is 9.59 Å². The molecular formula is C11H15N3O2S. The van der Waals surface area contributed by atoms with Crippen LogP contribution in [-0.2, 0) is 16.1 Å². The fourth-order valence-corrected chi connectivity index (χ4v) is 2.46. The molecule has 1 aromatic rings. The third-order valence-corrected chi connectivity index (χ3v) is 3.53. The Morgan fingerprint density at radius 1 is 1.59 bits per heavy atom. The molecule has 1 saturated heterocycles. The standard InChI is InChI=1S/C11H15N3O2S/c1-3-9-11(16)14(5-10(15)13-9)4-8-6-17-7(2)12-8/h6,9H,3-5H2,1-2H3,(H,13,15). The highest BCUT2D eigenvalue weighted by atomic mass is 32.1. The van der Waals surface area contributed by atoms with Crippen molar-refractivity contribution in [1.29, 1.82) is 0 Å². The average molecular weight is 253 g/mol. The predicted octanol–water partition coefficient (Wildman–Crippen LogP) is 0.689. The molecule has 0 radical (unpaired) electrons. The molecule has 1 fully saturated rings. The number of carbonyl (C=O) groups excluding carboxylic acids is 2. The van der Waals surface area contributed by atoms with E-state index in [1.165, 1.54) is 0 Å². The zero-order chi connectivity index (χ0) is 12.4. The number of nitrogens with one attached hydrogen (secondary N) is 1. The number of carbonyl (C=O) groups is 2. The van der Waals surface area contributed by atoms with Gasteiger partial charge in [0, 0.05) is 5.38 Å². The largest absolute Gasteiger partial charge is 0.343 e. The molecular weight excluding hydrogens is 238 g/mol. The SMILES string of the molecule is CCC1NC(=O)CN(Cc2csc(C)n2)C1=O. The number of aromatic nitrogens is 1. The van der Waals surface area contributed by atoms with Crippen LogP contribution in [-0.4, -0.2) is 34.3 Å². The van der Waals surface area contributed by atoms with Crippen LogP contribution in [0.1, 0.15) is 24.0 Å². The summed E-state index contributed by atoms with van der Waals surface area (Å²) >= 11 is 1.55. The molecule has 17 heavy (non-hydrogen) atoms. The number of amides is 2. The molecule has 6 heteroatoms. The van der Waals surface area contributed by atoms with Gasteiger partial charge in [0.25, 0.3) is 0 Å². The highest BCUT2D eigenvalue weighted by Crippen LogP contribution is 2.13. The van der Waals surface area contributed by atoms with E-state index in [1.54, 1.807) is 16.2 Å². The summed E-state index contributed by atoms with van der Waals surface area (Å²) in [5.41, 5.74) is 0.852. The highest BCUT2D eigenvalue weighted by Gasteiger charge is 2.31. The van der Waals surface area contributed by atoms with Gasteiger partial charge in [0.2, 0.25) is 11.8 Å². The zero-order valence-electron chi connectivity index (χ0n) is 9.90. The smallest absolute Gasteiger partial charge is 0.245 e. The van der Waals surface area contributed by atoms with Gasteiger partial charge >= 0.3 is 0 Å². The van der Waals surface area contributed by atoms with Gasteiger partial charge in [-0.25, -0.2) is 4.98 Å². The van der Waals surface area contributed by atoms with Crippen LogP contribution in [0, 0.1) is 6.92 Å². The molecule has 1 aromatic heterocycles. The van der Waals surface area contributed by atoms with Crippen molar-refractivity contribution in [3.05, 3.63) is 16.1 Å². The fraction of sp³-hybridized carbons (Fsp3) is 0.545. The summed E-state index contributed by atoms with van der Waals surface area (Å²) in [6.07, 6.45) is 0.622. The maximum absolute atomic E-state index is 12.0. The molecule has 1 aliphatic heterocycles. The van der Waals surface area contributed by atoms with Gasteiger partial charge in [0.05, 0.1) is 17.2 Å². The second-order valence-corrected chi connectivity index (χ2v) is 5.14. The van der Waals surface area contributed by atoms with Crippen molar-refractivity contribution in [3.63, 3.8) is 0 Å².